The summed E-state index contributed by atoms with van der Waals surface area (Å²) in [6, 6.07) is 5.07. The second-order valence-corrected chi connectivity index (χ2v) is 4.78. The fourth-order valence-electron chi connectivity index (χ4n) is 2.20. The molecule has 0 spiro atoms. The van der Waals surface area contributed by atoms with E-state index in [1.54, 1.807) is 23.1 Å². The van der Waals surface area contributed by atoms with Gasteiger partial charge in [-0.1, -0.05) is 0 Å². The SMILES string of the molecule is O=C1COc2ccc(OCC(=O)N3CCOCC3)cc2N1. The fraction of sp³-hybridized carbons (Fsp3) is 0.429. The summed E-state index contributed by atoms with van der Waals surface area (Å²) in [5.41, 5.74) is 0.558. The third kappa shape index (κ3) is 3.25. The third-order valence-electron chi connectivity index (χ3n) is 3.31. The molecule has 0 aliphatic carbocycles. The predicted octanol–water partition coefficient (Wildman–Crippen LogP) is 0.255. The second-order valence-electron chi connectivity index (χ2n) is 4.78. The molecule has 0 unspecified atom stereocenters. The van der Waals surface area contributed by atoms with Gasteiger partial charge in [-0.3, -0.25) is 9.59 Å². The van der Waals surface area contributed by atoms with Crippen molar-refractivity contribution >= 4 is 17.5 Å². The Hall–Kier alpha value is -2.28. The number of morpholine rings is 1. The maximum absolute atomic E-state index is 12.0. The molecule has 0 saturated carbocycles. The summed E-state index contributed by atoms with van der Waals surface area (Å²) in [7, 11) is 0. The minimum absolute atomic E-state index is 0.0166. The van der Waals surface area contributed by atoms with Crippen LogP contribution in [0.3, 0.4) is 0 Å². The molecule has 0 atom stereocenters. The Labute approximate surface area is 121 Å². The maximum atomic E-state index is 12.0. The zero-order valence-corrected chi connectivity index (χ0v) is 11.5. The average molecular weight is 292 g/mol. The molecule has 1 N–H and O–H groups in total. The van der Waals surface area contributed by atoms with Gasteiger partial charge in [0.15, 0.2) is 13.2 Å². The zero-order chi connectivity index (χ0) is 14.7. The number of ether oxygens (including phenoxy) is 3. The number of nitrogens with one attached hydrogen (secondary N) is 1. The van der Waals surface area contributed by atoms with E-state index in [-0.39, 0.29) is 25.0 Å². The number of hydrogen-bond acceptors (Lipinski definition) is 5. The minimum atomic E-state index is -0.205. The first-order valence-electron chi connectivity index (χ1n) is 6.77. The predicted molar refractivity (Wildman–Crippen MR) is 73.5 cm³/mol. The first-order valence-corrected chi connectivity index (χ1v) is 6.77. The largest absolute Gasteiger partial charge is 0.484 e. The van der Waals surface area contributed by atoms with Gasteiger partial charge in [-0.25, -0.2) is 0 Å². The lowest BCUT2D eigenvalue weighted by atomic mass is 10.2. The molecular weight excluding hydrogens is 276 g/mol. The molecule has 2 amide bonds. The highest BCUT2D eigenvalue weighted by molar-refractivity contribution is 5.95. The number of nitrogens with zero attached hydrogens (tertiary/aromatic N) is 1. The molecule has 1 fully saturated rings. The van der Waals surface area contributed by atoms with E-state index in [1.165, 1.54) is 0 Å². The molecule has 2 aliphatic rings. The van der Waals surface area contributed by atoms with E-state index in [0.717, 1.165) is 0 Å². The summed E-state index contributed by atoms with van der Waals surface area (Å²) in [4.78, 5) is 24.9. The fourth-order valence-corrected chi connectivity index (χ4v) is 2.20. The first kappa shape index (κ1) is 13.7. The number of rotatable bonds is 3. The third-order valence-corrected chi connectivity index (χ3v) is 3.31. The Morgan fingerprint density at radius 3 is 2.95 bits per heavy atom. The summed E-state index contributed by atoms with van der Waals surface area (Å²) in [6.45, 7) is 2.30. The van der Waals surface area contributed by atoms with Gasteiger partial charge in [0.05, 0.1) is 18.9 Å². The molecular formula is C14H16N2O5. The maximum Gasteiger partial charge on any atom is 0.262 e. The van der Waals surface area contributed by atoms with E-state index in [4.69, 9.17) is 14.2 Å². The van der Waals surface area contributed by atoms with Crippen LogP contribution >= 0.6 is 0 Å². The van der Waals surface area contributed by atoms with Gasteiger partial charge in [0, 0.05) is 19.2 Å². The number of anilines is 1. The van der Waals surface area contributed by atoms with Crippen molar-refractivity contribution in [2.24, 2.45) is 0 Å². The van der Waals surface area contributed by atoms with E-state index >= 15 is 0 Å². The van der Waals surface area contributed by atoms with Gasteiger partial charge in [-0.2, -0.15) is 0 Å². The van der Waals surface area contributed by atoms with E-state index < -0.39 is 0 Å². The molecule has 0 bridgehead atoms. The lowest BCUT2D eigenvalue weighted by Gasteiger charge is -2.26. The number of carbonyl (C=O) groups excluding carboxylic acids is 2. The number of amides is 2. The van der Waals surface area contributed by atoms with Crippen LogP contribution in [0, 0.1) is 0 Å². The van der Waals surface area contributed by atoms with Gasteiger partial charge in [-0.05, 0) is 12.1 Å². The van der Waals surface area contributed by atoms with Crippen molar-refractivity contribution in [1.82, 2.24) is 4.90 Å². The molecule has 0 radical (unpaired) electrons. The summed E-state index contributed by atoms with van der Waals surface area (Å²) in [5, 5.41) is 2.70. The molecule has 0 aromatic heterocycles. The average Bonchev–Trinajstić information content (AvgIpc) is 2.53. The van der Waals surface area contributed by atoms with E-state index in [9.17, 15) is 9.59 Å². The standard InChI is InChI=1S/C14H16N2O5/c17-13-8-21-12-2-1-10(7-11(12)15-13)20-9-14(18)16-3-5-19-6-4-16/h1-2,7H,3-6,8-9H2,(H,15,17). The van der Waals surface area contributed by atoms with Crippen LogP contribution in [0.15, 0.2) is 18.2 Å². The summed E-state index contributed by atoms with van der Waals surface area (Å²) < 4.78 is 15.9. The van der Waals surface area contributed by atoms with Crippen LogP contribution in [0.25, 0.3) is 0 Å². The first-order chi connectivity index (χ1) is 10.2. The molecule has 21 heavy (non-hydrogen) atoms. The van der Waals surface area contributed by atoms with Crippen molar-refractivity contribution in [3.05, 3.63) is 18.2 Å². The Balaban J connectivity index is 1.59. The molecule has 1 aromatic rings. The van der Waals surface area contributed by atoms with Crippen molar-refractivity contribution in [2.45, 2.75) is 0 Å². The lowest BCUT2D eigenvalue weighted by molar-refractivity contribution is -0.137. The van der Waals surface area contributed by atoms with Gasteiger partial charge < -0.3 is 24.4 Å². The van der Waals surface area contributed by atoms with Crippen molar-refractivity contribution in [1.29, 1.82) is 0 Å². The van der Waals surface area contributed by atoms with E-state index in [1.807, 2.05) is 0 Å². The number of benzene rings is 1. The topological polar surface area (TPSA) is 77.1 Å². The number of carbonyl (C=O) groups is 2. The molecule has 3 rings (SSSR count). The van der Waals surface area contributed by atoms with Crippen LogP contribution in [0.5, 0.6) is 11.5 Å². The van der Waals surface area contributed by atoms with Gasteiger partial charge in [0.2, 0.25) is 0 Å². The van der Waals surface area contributed by atoms with Gasteiger partial charge in [-0.15, -0.1) is 0 Å². The molecule has 2 heterocycles. The number of hydrogen-bond donors (Lipinski definition) is 1. The normalized spacial score (nSPS) is 17.5. The van der Waals surface area contributed by atoms with Gasteiger partial charge in [0.1, 0.15) is 11.5 Å². The quantitative estimate of drug-likeness (QED) is 0.864. The second kappa shape index (κ2) is 6.01. The van der Waals surface area contributed by atoms with Gasteiger partial charge >= 0.3 is 0 Å². The van der Waals surface area contributed by atoms with E-state index in [2.05, 4.69) is 5.32 Å². The highest BCUT2D eigenvalue weighted by Gasteiger charge is 2.19. The Morgan fingerprint density at radius 2 is 2.14 bits per heavy atom. The van der Waals surface area contributed by atoms with Crippen LogP contribution < -0.4 is 14.8 Å². The summed E-state index contributed by atoms with van der Waals surface area (Å²) >= 11 is 0. The highest BCUT2D eigenvalue weighted by Crippen LogP contribution is 2.31. The smallest absolute Gasteiger partial charge is 0.262 e. The van der Waals surface area contributed by atoms with Crippen molar-refractivity contribution in [2.75, 3.05) is 44.8 Å². The van der Waals surface area contributed by atoms with Crippen molar-refractivity contribution in [3.63, 3.8) is 0 Å². The molecule has 2 aliphatic heterocycles. The van der Waals surface area contributed by atoms with Crippen LogP contribution in [0.4, 0.5) is 5.69 Å². The van der Waals surface area contributed by atoms with Crippen molar-refractivity contribution < 1.29 is 23.8 Å². The summed E-state index contributed by atoms with van der Waals surface area (Å²) in [6.07, 6.45) is 0. The highest BCUT2D eigenvalue weighted by atomic mass is 16.5. The molecule has 1 saturated heterocycles. The Kier molecular flexibility index (Phi) is 3.92. The zero-order valence-electron chi connectivity index (χ0n) is 11.5. The summed E-state index contributed by atoms with van der Waals surface area (Å²) in [5.74, 6) is 0.836. The van der Waals surface area contributed by atoms with Gasteiger partial charge in [0.25, 0.3) is 11.8 Å². The van der Waals surface area contributed by atoms with Crippen LogP contribution in [0.1, 0.15) is 0 Å². The molecule has 112 valence electrons. The van der Waals surface area contributed by atoms with E-state index in [0.29, 0.717) is 43.5 Å². The number of fused-ring (bicyclic) bond motifs is 1. The molecule has 1 aromatic carbocycles. The monoisotopic (exact) mass is 292 g/mol. The van der Waals surface area contributed by atoms with Crippen LogP contribution in [-0.2, 0) is 14.3 Å². The Morgan fingerprint density at radius 1 is 1.33 bits per heavy atom. The molecule has 7 nitrogen and oxygen atoms in total. The minimum Gasteiger partial charge on any atom is -0.484 e. The lowest BCUT2D eigenvalue weighted by Crippen LogP contribution is -2.42. The van der Waals surface area contributed by atoms with Crippen LogP contribution in [-0.4, -0.2) is 56.2 Å². The van der Waals surface area contributed by atoms with Crippen molar-refractivity contribution in [3.8, 4) is 11.5 Å². The molecule has 7 heteroatoms. The van der Waals surface area contributed by atoms with Crippen LogP contribution in [0.2, 0.25) is 0 Å². The Bertz CT molecular complexity index is 554.